The Morgan fingerprint density at radius 2 is 2.00 bits per heavy atom. The van der Waals surface area contributed by atoms with Crippen LogP contribution >= 0.6 is 11.3 Å². The second-order valence-corrected chi connectivity index (χ2v) is 9.53. The molecule has 0 saturated carbocycles. The number of nitrogens with one attached hydrogen (secondary N) is 1. The summed E-state index contributed by atoms with van der Waals surface area (Å²) in [6, 6.07) is 1.76. The van der Waals surface area contributed by atoms with Crippen LogP contribution in [0.3, 0.4) is 0 Å². The Morgan fingerprint density at radius 1 is 1.29 bits per heavy atom. The van der Waals surface area contributed by atoms with E-state index in [0.717, 1.165) is 16.7 Å². The number of aliphatic hydroxyl groups excluding tert-OH is 1. The summed E-state index contributed by atoms with van der Waals surface area (Å²) in [6.45, 7) is 0.114. The number of sulfonamides is 1. The molecular formula is C12H17NO5S3. The highest BCUT2D eigenvalue weighted by atomic mass is 32.2. The summed E-state index contributed by atoms with van der Waals surface area (Å²) in [5.41, 5.74) is 0.763. The summed E-state index contributed by atoms with van der Waals surface area (Å²) < 4.78 is 47.6. The van der Waals surface area contributed by atoms with E-state index >= 15 is 0 Å². The molecule has 0 saturated heterocycles. The van der Waals surface area contributed by atoms with E-state index in [1.807, 2.05) is 0 Å². The second kappa shape index (κ2) is 7.91. The van der Waals surface area contributed by atoms with E-state index in [-0.39, 0.29) is 13.2 Å². The van der Waals surface area contributed by atoms with Crippen molar-refractivity contribution in [1.29, 1.82) is 0 Å². The van der Waals surface area contributed by atoms with Gasteiger partial charge in [-0.1, -0.05) is 11.8 Å². The third-order valence-electron chi connectivity index (χ3n) is 2.31. The van der Waals surface area contributed by atoms with Gasteiger partial charge in [-0.2, -0.15) is 0 Å². The molecule has 0 fully saturated rings. The normalized spacial score (nSPS) is 11.9. The van der Waals surface area contributed by atoms with Gasteiger partial charge < -0.3 is 5.11 Å². The molecule has 0 unspecified atom stereocenters. The first kappa shape index (κ1) is 18.1. The van der Waals surface area contributed by atoms with Gasteiger partial charge in [-0.15, -0.1) is 11.3 Å². The molecule has 2 N–H and O–H groups in total. The monoisotopic (exact) mass is 351 g/mol. The zero-order chi connectivity index (χ0) is 15.9. The number of hydrogen-bond acceptors (Lipinski definition) is 6. The van der Waals surface area contributed by atoms with E-state index < -0.39 is 31.4 Å². The van der Waals surface area contributed by atoms with Crippen LogP contribution in [0.2, 0.25) is 0 Å². The summed E-state index contributed by atoms with van der Waals surface area (Å²) >= 11 is 1.36. The molecule has 0 atom stereocenters. The highest BCUT2D eigenvalue weighted by Crippen LogP contribution is 2.13. The van der Waals surface area contributed by atoms with Gasteiger partial charge in [0, 0.05) is 35.0 Å². The molecule has 21 heavy (non-hydrogen) atoms. The van der Waals surface area contributed by atoms with Crippen molar-refractivity contribution in [3.05, 3.63) is 21.9 Å². The van der Waals surface area contributed by atoms with Crippen molar-refractivity contribution < 1.29 is 21.9 Å². The highest BCUT2D eigenvalue weighted by Gasteiger charge is 2.14. The minimum Gasteiger partial charge on any atom is -0.395 e. The molecule has 0 amide bonds. The van der Waals surface area contributed by atoms with Crippen LogP contribution in [0.15, 0.2) is 11.4 Å². The van der Waals surface area contributed by atoms with Crippen molar-refractivity contribution >= 4 is 31.2 Å². The zero-order valence-corrected chi connectivity index (χ0v) is 13.9. The SMILES string of the molecule is CS(=O)(=O)CCS(=O)(=O)NCc1cc(C#CCCO)cs1. The lowest BCUT2D eigenvalue weighted by atomic mass is 10.3. The predicted molar refractivity (Wildman–Crippen MR) is 83.2 cm³/mol. The number of hydrogen-bond donors (Lipinski definition) is 2. The van der Waals surface area contributed by atoms with Crippen molar-refractivity contribution in [2.75, 3.05) is 24.4 Å². The topological polar surface area (TPSA) is 101 Å². The Labute approximate surface area is 129 Å². The lowest BCUT2D eigenvalue weighted by Gasteiger charge is -2.04. The minimum absolute atomic E-state index is 0.00410. The Bertz CT molecular complexity index is 722. The quantitative estimate of drug-likeness (QED) is 0.671. The molecule has 0 aliphatic carbocycles. The molecule has 1 heterocycles. The van der Waals surface area contributed by atoms with E-state index in [9.17, 15) is 16.8 Å². The molecular weight excluding hydrogens is 334 g/mol. The molecule has 0 aliphatic heterocycles. The van der Waals surface area contributed by atoms with Crippen LogP contribution in [0.5, 0.6) is 0 Å². The molecule has 0 aliphatic rings. The van der Waals surface area contributed by atoms with E-state index in [1.165, 1.54) is 11.3 Å². The van der Waals surface area contributed by atoms with Crippen LogP contribution in [0.4, 0.5) is 0 Å². The van der Waals surface area contributed by atoms with Gasteiger partial charge in [-0.25, -0.2) is 21.6 Å². The number of aliphatic hydroxyl groups is 1. The number of thiophene rings is 1. The van der Waals surface area contributed by atoms with Crippen molar-refractivity contribution in [3.8, 4) is 11.8 Å². The van der Waals surface area contributed by atoms with Gasteiger partial charge in [0.15, 0.2) is 0 Å². The predicted octanol–water partition coefficient (Wildman–Crippen LogP) is -0.0540. The maximum Gasteiger partial charge on any atom is 0.212 e. The van der Waals surface area contributed by atoms with Gasteiger partial charge in [-0.3, -0.25) is 0 Å². The third-order valence-corrected chi connectivity index (χ3v) is 5.78. The van der Waals surface area contributed by atoms with Crippen LogP contribution in [0.25, 0.3) is 0 Å². The van der Waals surface area contributed by atoms with Crippen LogP contribution in [0, 0.1) is 11.8 Å². The van der Waals surface area contributed by atoms with Crippen LogP contribution in [0.1, 0.15) is 16.9 Å². The van der Waals surface area contributed by atoms with Gasteiger partial charge in [-0.05, 0) is 6.07 Å². The molecule has 1 rings (SSSR count). The van der Waals surface area contributed by atoms with E-state index in [1.54, 1.807) is 11.4 Å². The Kier molecular flexibility index (Phi) is 6.83. The summed E-state index contributed by atoms with van der Waals surface area (Å²) in [5.74, 6) is 4.79. The summed E-state index contributed by atoms with van der Waals surface area (Å²) in [6.07, 6.45) is 1.39. The summed E-state index contributed by atoms with van der Waals surface area (Å²) in [7, 11) is -6.92. The van der Waals surface area contributed by atoms with Crippen LogP contribution in [-0.4, -0.2) is 46.3 Å². The van der Waals surface area contributed by atoms with E-state index in [4.69, 9.17) is 5.11 Å². The Morgan fingerprint density at radius 3 is 2.62 bits per heavy atom. The molecule has 0 aromatic carbocycles. The molecule has 0 radical (unpaired) electrons. The largest absolute Gasteiger partial charge is 0.395 e. The maximum atomic E-state index is 11.6. The van der Waals surface area contributed by atoms with Crippen molar-refractivity contribution in [2.45, 2.75) is 13.0 Å². The fourth-order valence-corrected chi connectivity index (χ4v) is 4.73. The van der Waals surface area contributed by atoms with Crippen molar-refractivity contribution in [1.82, 2.24) is 4.72 Å². The number of rotatable bonds is 7. The molecule has 9 heteroatoms. The fourth-order valence-electron chi connectivity index (χ4n) is 1.27. The lowest BCUT2D eigenvalue weighted by Crippen LogP contribution is -2.28. The molecule has 0 spiro atoms. The van der Waals surface area contributed by atoms with Crippen molar-refractivity contribution in [3.63, 3.8) is 0 Å². The standard InChI is InChI=1S/C12H17NO5S3/c1-20(15,16)6-7-21(17,18)13-9-12-8-11(10-19-12)4-2-3-5-14/h8,10,13-14H,3,5-7,9H2,1H3. The second-order valence-electron chi connectivity index (χ2n) is 4.35. The van der Waals surface area contributed by atoms with E-state index in [0.29, 0.717) is 6.42 Å². The Balaban J connectivity index is 2.54. The molecule has 0 bridgehead atoms. The fraction of sp³-hybridized carbons (Fsp3) is 0.500. The molecule has 6 nitrogen and oxygen atoms in total. The van der Waals surface area contributed by atoms with Gasteiger partial charge in [0.05, 0.1) is 18.1 Å². The highest BCUT2D eigenvalue weighted by molar-refractivity contribution is 7.93. The molecule has 118 valence electrons. The first-order chi connectivity index (χ1) is 9.72. The van der Waals surface area contributed by atoms with Gasteiger partial charge in [0.2, 0.25) is 10.0 Å². The summed E-state index contributed by atoms with van der Waals surface area (Å²) in [4.78, 5) is 0.784. The summed E-state index contributed by atoms with van der Waals surface area (Å²) in [5, 5.41) is 10.4. The Hall–Kier alpha value is -0.920. The van der Waals surface area contributed by atoms with Gasteiger partial charge in [0.25, 0.3) is 0 Å². The molecule has 1 aromatic rings. The van der Waals surface area contributed by atoms with E-state index in [2.05, 4.69) is 16.6 Å². The number of sulfone groups is 1. The first-order valence-electron chi connectivity index (χ1n) is 6.04. The molecule has 1 aromatic heterocycles. The average molecular weight is 351 g/mol. The lowest BCUT2D eigenvalue weighted by molar-refractivity contribution is 0.305. The average Bonchev–Trinajstić information content (AvgIpc) is 2.82. The van der Waals surface area contributed by atoms with Crippen LogP contribution < -0.4 is 4.72 Å². The maximum absolute atomic E-state index is 11.6. The minimum atomic E-state index is -3.62. The zero-order valence-electron chi connectivity index (χ0n) is 11.5. The van der Waals surface area contributed by atoms with Gasteiger partial charge in [0.1, 0.15) is 9.84 Å². The van der Waals surface area contributed by atoms with Crippen LogP contribution in [-0.2, 0) is 26.4 Å². The van der Waals surface area contributed by atoms with Gasteiger partial charge >= 0.3 is 0 Å². The first-order valence-corrected chi connectivity index (χ1v) is 10.6. The smallest absolute Gasteiger partial charge is 0.212 e. The van der Waals surface area contributed by atoms with Crippen molar-refractivity contribution in [2.24, 2.45) is 0 Å². The third kappa shape index (κ3) is 8.18.